The highest BCUT2D eigenvalue weighted by Gasteiger charge is 2.43. The van der Waals surface area contributed by atoms with Crippen LogP contribution in [0.25, 0.3) is 32.8 Å². The minimum atomic E-state index is -1.44. The maximum Gasteiger partial charge on any atom is 0.338 e. The van der Waals surface area contributed by atoms with Crippen LogP contribution in [0.3, 0.4) is 0 Å². The summed E-state index contributed by atoms with van der Waals surface area (Å²) in [5, 5.41) is 1.16. The van der Waals surface area contributed by atoms with E-state index in [9.17, 15) is 28.8 Å². The van der Waals surface area contributed by atoms with Crippen LogP contribution in [0.4, 0.5) is 5.69 Å². The minimum Gasteiger partial charge on any atom is -0.457 e. The third kappa shape index (κ3) is 5.52. The van der Waals surface area contributed by atoms with Gasteiger partial charge in [0.25, 0.3) is 17.4 Å². The van der Waals surface area contributed by atoms with E-state index in [1.165, 1.54) is 23.1 Å². The molecule has 2 heterocycles. The Morgan fingerprint density at radius 3 is 2.16 bits per heavy atom. The molecule has 0 fully saturated rings. The lowest BCUT2D eigenvalue weighted by molar-refractivity contribution is 0.0472. The van der Waals surface area contributed by atoms with Gasteiger partial charge in [-0.3, -0.25) is 24.0 Å². The molecule has 10 heteroatoms. The predicted octanol–water partition coefficient (Wildman–Crippen LogP) is 8.08. The van der Waals surface area contributed by atoms with Crippen LogP contribution < -0.4 is 10.5 Å². The SMILES string of the molecule is O=C(OCc1ccccc1)c1ccc2c(=O)[nH]c(C3C(=O)c4cc5cc6c(cc5cc4C3=O)C(=O)N(c3cc(C4=CCC=C4)ccc3C3=CC=CC3)C6=O)nc2c1. The van der Waals surface area contributed by atoms with Crippen LogP contribution in [0.2, 0.25) is 0 Å². The van der Waals surface area contributed by atoms with Crippen molar-refractivity contribution in [3.63, 3.8) is 0 Å². The number of aromatic nitrogens is 2. The first-order valence-corrected chi connectivity index (χ1v) is 18.4. The molecule has 0 atom stereocenters. The van der Waals surface area contributed by atoms with Crippen LogP contribution in [-0.4, -0.2) is 39.3 Å². The van der Waals surface area contributed by atoms with Gasteiger partial charge in [0.05, 0.1) is 33.3 Å². The average molecular weight is 748 g/mol. The Balaban J connectivity index is 0.977. The molecule has 1 N–H and O–H groups in total. The van der Waals surface area contributed by atoms with E-state index in [1.807, 2.05) is 72.8 Å². The number of hydrogen-bond donors (Lipinski definition) is 1. The molecular formula is C47H29N3O7. The molecule has 57 heavy (non-hydrogen) atoms. The molecule has 0 bridgehead atoms. The lowest BCUT2D eigenvalue weighted by atomic mass is 9.97. The number of rotatable bonds is 7. The third-order valence-electron chi connectivity index (χ3n) is 10.9. The molecule has 10 nitrogen and oxygen atoms in total. The van der Waals surface area contributed by atoms with E-state index in [0.717, 1.165) is 34.3 Å². The molecule has 5 aromatic carbocycles. The monoisotopic (exact) mass is 747 g/mol. The second-order valence-electron chi connectivity index (χ2n) is 14.3. The van der Waals surface area contributed by atoms with Crippen molar-refractivity contribution >= 4 is 67.9 Å². The number of carbonyl (C=O) groups is 5. The number of esters is 1. The smallest absolute Gasteiger partial charge is 0.338 e. The number of nitrogens with zero attached hydrogens (tertiary/aromatic N) is 2. The van der Waals surface area contributed by atoms with Crippen LogP contribution in [0.1, 0.15) is 93.1 Å². The van der Waals surface area contributed by atoms with E-state index in [-0.39, 0.29) is 51.2 Å². The number of hydrogen-bond acceptors (Lipinski definition) is 8. The number of nitrogens with one attached hydrogen (secondary N) is 1. The van der Waals surface area contributed by atoms with Crippen molar-refractivity contribution in [2.45, 2.75) is 25.4 Å². The molecule has 0 radical (unpaired) electrons. The fourth-order valence-electron chi connectivity index (χ4n) is 8.06. The highest BCUT2D eigenvalue weighted by Crippen LogP contribution is 2.41. The molecule has 6 aromatic rings. The van der Waals surface area contributed by atoms with Gasteiger partial charge in [0.1, 0.15) is 18.3 Å². The number of imide groups is 1. The van der Waals surface area contributed by atoms with Gasteiger partial charge in [-0.05, 0) is 94.4 Å². The topological polar surface area (TPSA) is 144 Å². The Hall–Kier alpha value is -7.59. The second kappa shape index (κ2) is 13.0. The first kappa shape index (κ1) is 33.9. The fraction of sp³-hybridized carbons (Fsp3) is 0.0851. The molecule has 0 spiro atoms. The number of anilines is 1. The van der Waals surface area contributed by atoms with Crippen molar-refractivity contribution in [2.24, 2.45) is 0 Å². The van der Waals surface area contributed by atoms with Crippen LogP contribution in [0.15, 0.2) is 132 Å². The highest BCUT2D eigenvalue weighted by molar-refractivity contribution is 6.36. The van der Waals surface area contributed by atoms with Crippen molar-refractivity contribution in [3.05, 3.63) is 188 Å². The number of Topliss-reactive ketones (excluding diaryl/α,β-unsaturated/α-hetero) is 2. The molecule has 1 aliphatic heterocycles. The summed E-state index contributed by atoms with van der Waals surface area (Å²) in [4.78, 5) is 90.8. The number of allylic oxidation sites excluding steroid dienone is 8. The maximum absolute atomic E-state index is 14.2. The summed E-state index contributed by atoms with van der Waals surface area (Å²) < 4.78 is 5.44. The summed E-state index contributed by atoms with van der Waals surface area (Å²) in [5.41, 5.74) is 5.26. The Kier molecular flexibility index (Phi) is 7.75. The van der Waals surface area contributed by atoms with Gasteiger partial charge in [-0.25, -0.2) is 14.7 Å². The zero-order chi connectivity index (χ0) is 38.9. The Morgan fingerprint density at radius 1 is 0.772 bits per heavy atom. The fourth-order valence-corrected chi connectivity index (χ4v) is 8.06. The molecule has 1 aromatic heterocycles. The van der Waals surface area contributed by atoms with Crippen molar-refractivity contribution in [2.75, 3.05) is 4.90 Å². The summed E-state index contributed by atoms with van der Waals surface area (Å²) >= 11 is 0. The number of carbonyl (C=O) groups excluding carboxylic acids is 5. The zero-order valence-corrected chi connectivity index (χ0v) is 30.1. The number of ketones is 2. The van der Waals surface area contributed by atoms with Crippen molar-refractivity contribution < 1.29 is 28.7 Å². The molecular weight excluding hydrogens is 719 g/mol. The van der Waals surface area contributed by atoms with Crippen LogP contribution in [0, 0.1) is 0 Å². The Labute approximate surface area is 324 Å². The number of fused-ring (bicyclic) bond motifs is 4. The molecule has 10 rings (SSSR count). The summed E-state index contributed by atoms with van der Waals surface area (Å²) in [7, 11) is 0. The molecule has 274 valence electrons. The van der Waals surface area contributed by atoms with Crippen molar-refractivity contribution in [3.8, 4) is 0 Å². The lowest BCUT2D eigenvalue weighted by Crippen LogP contribution is -2.30. The minimum absolute atomic E-state index is 0.0503. The summed E-state index contributed by atoms with van der Waals surface area (Å²) in [5.74, 6) is -4.34. The van der Waals surface area contributed by atoms with Gasteiger partial charge in [0.2, 0.25) is 0 Å². The second-order valence-corrected chi connectivity index (χ2v) is 14.3. The quantitative estimate of drug-likeness (QED) is 0.0981. The van der Waals surface area contributed by atoms with Gasteiger partial charge in [0.15, 0.2) is 11.6 Å². The Morgan fingerprint density at radius 2 is 1.49 bits per heavy atom. The largest absolute Gasteiger partial charge is 0.457 e. The molecule has 2 amide bonds. The third-order valence-corrected chi connectivity index (χ3v) is 10.9. The van der Waals surface area contributed by atoms with E-state index in [4.69, 9.17) is 4.74 Å². The molecule has 3 aliphatic carbocycles. The van der Waals surface area contributed by atoms with E-state index < -0.39 is 40.8 Å². The Bertz CT molecular complexity index is 2970. The van der Waals surface area contributed by atoms with E-state index in [0.29, 0.717) is 22.9 Å². The average Bonchev–Trinajstić information content (AvgIpc) is 4.05. The van der Waals surface area contributed by atoms with Crippen molar-refractivity contribution in [1.82, 2.24) is 9.97 Å². The lowest BCUT2D eigenvalue weighted by Gasteiger charge is -2.20. The number of aromatic amines is 1. The van der Waals surface area contributed by atoms with Gasteiger partial charge < -0.3 is 9.72 Å². The van der Waals surface area contributed by atoms with Crippen LogP contribution >= 0.6 is 0 Å². The standard InChI is InChI=1S/C47H29N3O7/c51-41-34-18-30-20-36-37(46(55)50(45(36)54)39-23-28(26-10-4-5-11-26)14-16-32(39)27-12-6-7-13-27)21-31(30)19-35(34)42(52)40(41)43-48-38-22-29(15-17-33(38)44(53)49-43)47(56)57-24-25-8-2-1-3-9-25/h1-4,6-12,14-23,40H,5,13,24H2,(H,48,49,53). The first-order valence-electron chi connectivity index (χ1n) is 18.4. The van der Waals surface area contributed by atoms with E-state index in [2.05, 4.69) is 22.1 Å². The number of amides is 2. The maximum atomic E-state index is 14.2. The molecule has 0 saturated carbocycles. The van der Waals surface area contributed by atoms with Gasteiger partial charge in [0, 0.05) is 16.7 Å². The van der Waals surface area contributed by atoms with Crippen molar-refractivity contribution in [1.29, 1.82) is 0 Å². The normalized spacial score (nSPS) is 15.9. The zero-order valence-electron chi connectivity index (χ0n) is 30.1. The summed E-state index contributed by atoms with van der Waals surface area (Å²) in [6.45, 7) is 0.0503. The van der Waals surface area contributed by atoms with Crippen LogP contribution in [0.5, 0.6) is 0 Å². The molecule has 4 aliphatic rings. The number of ether oxygens (including phenoxy) is 1. The summed E-state index contributed by atoms with van der Waals surface area (Å²) in [6, 6.07) is 25.6. The highest BCUT2D eigenvalue weighted by atomic mass is 16.5. The van der Waals surface area contributed by atoms with E-state index >= 15 is 0 Å². The molecule has 0 unspecified atom stereocenters. The number of benzene rings is 5. The summed E-state index contributed by atoms with van der Waals surface area (Å²) in [6.07, 6.45) is 13.6. The van der Waals surface area contributed by atoms with Gasteiger partial charge in [-0.1, -0.05) is 78.9 Å². The predicted molar refractivity (Wildman–Crippen MR) is 214 cm³/mol. The van der Waals surface area contributed by atoms with E-state index in [1.54, 1.807) is 24.3 Å². The van der Waals surface area contributed by atoms with Gasteiger partial charge >= 0.3 is 5.97 Å². The molecule has 0 saturated heterocycles. The van der Waals surface area contributed by atoms with Gasteiger partial charge in [-0.15, -0.1) is 0 Å². The first-order chi connectivity index (χ1) is 27.7. The number of H-pyrrole nitrogens is 1. The van der Waals surface area contributed by atoms with Crippen LogP contribution in [-0.2, 0) is 11.3 Å². The van der Waals surface area contributed by atoms with Gasteiger partial charge in [-0.2, -0.15) is 0 Å².